The van der Waals surface area contributed by atoms with E-state index in [9.17, 15) is 10.2 Å². The molecule has 1 fully saturated rings. The van der Waals surface area contributed by atoms with Crippen LogP contribution in [0.5, 0.6) is 0 Å². The molecule has 0 atom stereocenters. The first-order valence-electron chi connectivity index (χ1n) is 8.17. The van der Waals surface area contributed by atoms with E-state index in [1.165, 1.54) is 25.7 Å². The molecule has 3 nitrogen and oxygen atoms in total. The van der Waals surface area contributed by atoms with Gasteiger partial charge in [0.1, 0.15) is 0 Å². The van der Waals surface area contributed by atoms with Crippen LogP contribution in [0, 0.1) is 5.41 Å². The van der Waals surface area contributed by atoms with Gasteiger partial charge in [0.15, 0.2) is 0 Å². The topological polar surface area (TPSA) is 43.7 Å². The third kappa shape index (κ3) is 5.05. The van der Waals surface area contributed by atoms with E-state index in [4.69, 9.17) is 0 Å². The summed E-state index contributed by atoms with van der Waals surface area (Å²) in [5, 5.41) is 19.2. The van der Waals surface area contributed by atoms with Crippen molar-refractivity contribution in [3.63, 3.8) is 0 Å². The number of hydrogen-bond acceptors (Lipinski definition) is 3. The highest BCUT2D eigenvalue weighted by atomic mass is 16.3. The van der Waals surface area contributed by atoms with Crippen molar-refractivity contribution < 1.29 is 10.2 Å². The Morgan fingerprint density at radius 3 is 2.00 bits per heavy atom. The fourth-order valence-electron chi connectivity index (χ4n) is 3.60. The molecule has 1 saturated carbocycles. The molecule has 0 radical (unpaired) electrons. The minimum absolute atomic E-state index is 0.0776. The van der Waals surface area contributed by atoms with Crippen LogP contribution in [0.4, 0.5) is 0 Å². The van der Waals surface area contributed by atoms with Gasteiger partial charge in [0, 0.05) is 31.2 Å². The molecule has 0 saturated heterocycles. The van der Waals surface area contributed by atoms with Gasteiger partial charge in [0.05, 0.1) is 6.61 Å². The largest absolute Gasteiger partial charge is 0.396 e. The van der Waals surface area contributed by atoms with Gasteiger partial charge in [-0.2, -0.15) is 0 Å². The van der Waals surface area contributed by atoms with Crippen molar-refractivity contribution in [2.75, 3.05) is 26.3 Å². The summed E-state index contributed by atoms with van der Waals surface area (Å²) in [7, 11) is 0. The SMILES string of the molecule is CCC(CC)N(CCO)CC1(CO)CCCCCC1. The predicted molar refractivity (Wildman–Crippen MR) is 80.2 cm³/mol. The third-order valence-corrected chi connectivity index (χ3v) is 4.88. The van der Waals surface area contributed by atoms with Gasteiger partial charge in [-0.15, -0.1) is 0 Å². The molecule has 0 unspecified atom stereocenters. The molecule has 0 aromatic rings. The molecule has 0 aromatic heterocycles. The first kappa shape index (κ1) is 16.9. The molecule has 19 heavy (non-hydrogen) atoms. The highest BCUT2D eigenvalue weighted by Crippen LogP contribution is 2.36. The predicted octanol–water partition coefficient (Wildman–Crippen LogP) is 2.80. The lowest BCUT2D eigenvalue weighted by Crippen LogP contribution is -2.46. The molecule has 0 heterocycles. The molecule has 0 spiro atoms. The molecule has 0 bridgehead atoms. The van der Waals surface area contributed by atoms with Crippen LogP contribution in [-0.4, -0.2) is 47.5 Å². The molecule has 114 valence electrons. The Kier molecular flexibility index (Phi) is 7.96. The summed E-state index contributed by atoms with van der Waals surface area (Å²) >= 11 is 0. The zero-order valence-corrected chi connectivity index (χ0v) is 12.9. The Labute approximate surface area is 119 Å². The quantitative estimate of drug-likeness (QED) is 0.667. The normalized spacial score (nSPS) is 19.9. The van der Waals surface area contributed by atoms with Crippen molar-refractivity contribution in [3.8, 4) is 0 Å². The molecule has 1 aliphatic rings. The Morgan fingerprint density at radius 2 is 1.58 bits per heavy atom. The molecular weight excluding hydrogens is 238 g/mol. The van der Waals surface area contributed by atoms with Crippen molar-refractivity contribution in [2.24, 2.45) is 5.41 Å². The molecule has 1 aliphatic carbocycles. The van der Waals surface area contributed by atoms with Gasteiger partial charge in [-0.05, 0) is 25.7 Å². The van der Waals surface area contributed by atoms with Crippen molar-refractivity contribution in [1.29, 1.82) is 0 Å². The summed E-state index contributed by atoms with van der Waals surface area (Å²) in [6.45, 7) is 6.66. The molecule has 0 amide bonds. The Morgan fingerprint density at radius 1 is 1.00 bits per heavy atom. The van der Waals surface area contributed by atoms with E-state index in [2.05, 4.69) is 18.7 Å². The first-order valence-corrected chi connectivity index (χ1v) is 8.17. The Balaban J connectivity index is 2.72. The van der Waals surface area contributed by atoms with Crippen molar-refractivity contribution in [3.05, 3.63) is 0 Å². The van der Waals surface area contributed by atoms with Crippen LogP contribution in [0.15, 0.2) is 0 Å². The van der Waals surface area contributed by atoms with E-state index in [1.54, 1.807) is 0 Å². The Hall–Kier alpha value is -0.120. The first-order chi connectivity index (χ1) is 9.21. The van der Waals surface area contributed by atoms with Crippen molar-refractivity contribution in [1.82, 2.24) is 4.90 Å². The third-order valence-electron chi connectivity index (χ3n) is 4.88. The lowest BCUT2D eigenvalue weighted by Gasteiger charge is -2.40. The van der Waals surface area contributed by atoms with Crippen LogP contribution >= 0.6 is 0 Å². The maximum Gasteiger partial charge on any atom is 0.0558 e. The lowest BCUT2D eigenvalue weighted by molar-refractivity contribution is 0.0312. The average Bonchev–Trinajstić information content (AvgIpc) is 2.66. The van der Waals surface area contributed by atoms with E-state index in [0.29, 0.717) is 12.6 Å². The molecular formula is C16H33NO2. The van der Waals surface area contributed by atoms with E-state index >= 15 is 0 Å². The van der Waals surface area contributed by atoms with E-state index in [1.807, 2.05) is 0 Å². The number of rotatable bonds is 8. The fraction of sp³-hybridized carbons (Fsp3) is 1.00. The smallest absolute Gasteiger partial charge is 0.0558 e. The van der Waals surface area contributed by atoms with Gasteiger partial charge in [-0.25, -0.2) is 0 Å². The van der Waals surface area contributed by atoms with Gasteiger partial charge in [-0.1, -0.05) is 39.5 Å². The second-order valence-electron chi connectivity index (χ2n) is 6.24. The summed E-state index contributed by atoms with van der Waals surface area (Å²) in [5.41, 5.74) is 0.0776. The Bertz CT molecular complexity index is 221. The molecule has 0 aromatic carbocycles. The van der Waals surface area contributed by atoms with E-state index in [0.717, 1.165) is 38.8 Å². The van der Waals surface area contributed by atoms with Crippen LogP contribution in [0.3, 0.4) is 0 Å². The van der Waals surface area contributed by atoms with Gasteiger partial charge < -0.3 is 10.2 Å². The van der Waals surface area contributed by atoms with Crippen LogP contribution in [0.25, 0.3) is 0 Å². The highest BCUT2D eigenvalue weighted by molar-refractivity contribution is 4.86. The van der Waals surface area contributed by atoms with Crippen LogP contribution < -0.4 is 0 Å². The maximum absolute atomic E-state index is 9.92. The van der Waals surface area contributed by atoms with Crippen LogP contribution in [0.1, 0.15) is 65.2 Å². The number of nitrogens with zero attached hydrogens (tertiary/aromatic N) is 1. The summed E-state index contributed by atoms with van der Waals surface area (Å²) in [6.07, 6.45) is 9.65. The summed E-state index contributed by atoms with van der Waals surface area (Å²) < 4.78 is 0. The lowest BCUT2D eigenvalue weighted by atomic mass is 9.80. The zero-order chi connectivity index (χ0) is 14.1. The number of aliphatic hydroxyl groups excluding tert-OH is 2. The molecule has 3 heteroatoms. The molecule has 2 N–H and O–H groups in total. The minimum Gasteiger partial charge on any atom is -0.396 e. The van der Waals surface area contributed by atoms with E-state index < -0.39 is 0 Å². The second-order valence-corrected chi connectivity index (χ2v) is 6.24. The number of hydrogen-bond donors (Lipinski definition) is 2. The highest BCUT2D eigenvalue weighted by Gasteiger charge is 2.33. The molecule has 1 rings (SSSR count). The van der Waals surface area contributed by atoms with Crippen molar-refractivity contribution >= 4 is 0 Å². The summed E-state index contributed by atoms with van der Waals surface area (Å²) in [4.78, 5) is 2.42. The standard InChI is InChI=1S/C16H33NO2/c1-3-15(4-2)17(11-12-18)13-16(14-19)9-7-5-6-8-10-16/h15,18-19H,3-14H2,1-2H3. The van der Waals surface area contributed by atoms with Gasteiger partial charge in [0.2, 0.25) is 0 Å². The minimum atomic E-state index is 0.0776. The second kappa shape index (κ2) is 8.93. The van der Waals surface area contributed by atoms with Gasteiger partial charge in [0.25, 0.3) is 0 Å². The average molecular weight is 271 g/mol. The van der Waals surface area contributed by atoms with Crippen molar-refractivity contribution in [2.45, 2.75) is 71.3 Å². The zero-order valence-electron chi connectivity index (χ0n) is 12.9. The monoisotopic (exact) mass is 271 g/mol. The fourth-order valence-corrected chi connectivity index (χ4v) is 3.60. The summed E-state index contributed by atoms with van der Waals surface area (Å²) in [5.74, 6) is 0. The van der Waals surface area contributed by atoms with Crippen LogP contribution in [-0.2, 0) is 0 Å². The van der Waals surface area contributed by atoms with Gasteiger partial charge in [-0.3, -0.25) is 4.90 Å². The van der Waals surface area contributed by atoms with E-state index in [-0.39, 0.29) is 12.0 Å². The van der Waals surface area contributed by atoms with Gasteiger partial charge >= 0.3 is 0 Å². The maximum atomic E-state index is 9.92. The summed E-state index contributed by atoms with van der Waals surface area (Å²) in [6, 6.07) is 0.541. The van der Waals surface area contributed by atoms with Crippen LogP contribution in [0.2, 0.25) is 0 Å². The molecule has 0 aliphatic heterocycles. The number of aliphatic hydroxyl groups is 2.